The molecule has 1 heterocycles. The summed E-state index contributed by atoms with van der Waals surface area (Å²) in [6, 6.07) is 10.2. The Hall–Kier alpha value is -2.43. The molecule has 0 saturated heterocycles. The van der Waals surface area contributed by atoms with Crippen molar-refractivity contribution < 1.29 is 9.59 Å². The zero-order chi connectivity index (χ0) is 19.7. The lowest BCUT2D eigenvalue weighted by Crippen LogP contribution is -2.48. The number of benzene rings is 1. The standard InChI is InChI=1S/C23H29N3O2/c1-16-21(17(2)26(24-16)20-14-4-3-5-15-20)22(27)23(28)25(18-10-6-7-11-18)19-12-8-9-13-19/h3-5,14-15,18-19H,6-13H2,1-2H3. The summed E-state index contributed by atoms with van der Waals surface area (Å²) in [5.74, 6) is -0.714. The van der Waals surface area contributed by atoms with Crippen LogP contribution in [0.2, 0.25) is 0 Å². The minimum atomic E-state index is -0.393. The first-order chi connectivity index (χ1) is 13.6. The average molecular weight is 380 g/mol. The number of carbonyl (C=O) groups is 2. The summed E-state index contributed by atoms with van der Waals surface area (Å²) in [7, 11) is 0. The van der Waals surface area contributed by atoms with Crippen LogP contribution in [-0.2, 0) is 4.79 Å². The molecule has 2 fully saturated rings. The topological polar surface area (TPSA) is 55.2 Å². The molecule has 148 valence electrons. The minimum Gasteiger partial charge on any atom is -0.330 e. The Kier molecular flexibility index (Phi) is 5.33. The number of hydrogen-bond donors (Lipinski definition) is 0. The molecule has 0 unspecified atom stereocenters. The summed E-state index contributed by atoms with van der Waals surface area (Å²) in [4.78, 5) is 28.7. The molecular formula is C23H29N3O2. The maximum Gasteiger partial charge on any atom is 0.295 e. The third kappa shape index (κ3) is 3.38. The number of rotatable bonds is 5. The molecule has 5 nitrogen and oxygen atoms in total. The van der Waals surface area contributed by atoms with Crippen LogP contribution in [0.1, 0.15) is 73.1 Å². The van der Waals surface area contributed by atoms with Crippen molar-refractivity contribution in [3.8, 4) is 5.69 Å². The highest BCUT2D eigenvalue weighted by atomic mass is 16.2. The van der Waals surface area contributed by atoms with Crippen molar-refractivity contribution in [3.63, 3.8) is 0 Å². The molecule has 0 N–H and O–H groups in total. The zero-order valence-corrected chi connectivity index (χ0v) is 16.9. The van der Waals surface area contributed by atoms with Crippen molar-refractivity contribution in [2.45, 2.75) is 77.3 Å². The van der Waals surface area contributed by atoms with Gasteiger partial charge in [-0.05, 0) is 51.7 Å². The number of ketones is 1. The van der Waals surface area contributed by atoms with Gasteiger partial charge in [-0.15, -0.1) is 0 Å². The van der Waals surface area contributed by atoms with E-state index in [9.17, 15) is 9.59 Å². The van der Waals surface area contributed by atoms with E-state index in [1.54, 1.807) is 4.68 Å². The van der Waals surface area contributed by atoms with E-state index in [1.807, 2.05) is 49.1 Å². The van der Waals surface area contributed by atoms with Gasteiger partial charge >= 0.3 is 0 Å². The highest BCUT2D eigenvalue weighted by Gasteiger charge is 2.38. The number of carbonyl (C=O) groups excluding carboxylic acids is 2. The lowest BCUT2D eigenvalue weighted by Gasteiger charge is -2.34. The lowest BCUT2D eigenvalue weighted by atomic mass is 10.0. The van der Waals surface area contributed by atoms with E-state index < -0.39 is 5.78 Å². The van der Waals surface area contributed by atoms with Crippen molar-refractivity contribution in [1.82, 2.24) is 14.7 Å². The van der Waals surface area contributed by atoms with Gasteiger partial charge in [0.1, 0.15) is 0 Å². The van der Waals surface area contributed by atoms with Gasteiger partial charge in [-0.2, -0.15) is 5.10 Å². The van der Waals surface area contributed by atoms with Gasteiger partial charge in [0, 0.05) is 12.1 Å². The molecule has 1 amide bonds. The Labute approximate surface area is 166 Å². The van der Waals surface area contributed by atoms with E-state index in [2.05, 4.69) is 5.10 Å². The molecule has 5 heteroatoms. The smallest absolute Gasteiger partial charge is 0.295 e. The molecule has 2 saturated carbocycles. The number of aromatic nitrogens is 2. The molecule has 0 aliphatic heterocycles. The van der Waals surface area contributed by atoms with Crippen molar-refractivity contribution in [2.75, 3.05) is 0 Å². The second-order valence-corrected chi connectivity index (χ2v) is 8.21. The van der Waals surface area contributed by atoms with E-state index in [1.165, 1.54) is 0 Å². The fourth-order valence-corrected chi connectivity index (χ4v) is 5.01. The minimum absolute atomic E-state index is 0.226. The normalized spacial score (nSPS) is 17.9. The summed E-state index contributed by atoms with van der Waals surface area (Å²) in [5.41, 5.74) is 2.73. The molecule has 4 rings (SSSR count). The molecule has 1 aromatic carbocycles. The third-order valence-electron chi connectivity index (χ3n) is 6.38. The van der Waals surface area contributed by atoms with Gasteiger partial charge in [0.15, 0.2) is 0 Å². The molecule has 0 spiro atoms. The second-order valence-electron chi connectivity index (χ2n) is 8.21. The number of aryl methyl sites for hydroxylation is 1. The summed E-state index contributed by atoms with van der Waals surface area (Å²) >= 11 is 0. The Morgan fingerprint density at radius 1 is 0.929 bits per heavy atom. The third-order valence-corrected chi connectivity index (χ3v) is 6.38. The van der Waals surface area contributed by atoms with Crippen molar-refractivity contribution in [1.29, 1.82) is 0 Å². The van der Waals surface area contributed by atoms with Gasteiger partial charge in [-0.3, -0.25) is 9.59 Å². The highest BCUT2D eigenvalue weighted by Crippen LogP contribution is 2.32. The Morgan fingerprint density at radius 3 is 2.00 bits per heavy atom. The van der Waals surface area contributed by atoms with Gasteiger partial charge in [0.05, 0.1) is 22.6 Å². The predicted octanol–water partition coefficient (Wildman–Crippen LogP) is 4.39. The molecule has 0 atom stereocenters. The van der Waals surface area contributed by atoms with E-state index in [0.717, 1.165) is 62.7 Å². The fraction of sp³-hybridized carbons (Fsp3) is 0.522. The number of para-hydroxylation sites is 1. The monoisotopic (exact) mass is 379 g/mol. The summed E-state index contributed by atoms with van der Waals surface area (Å²) < 4.78 is 1.77. The van der Waals surface area contributed by atoms with Gasteiger partial charge < -0.3 is 4.90 Å². The van der Waals surface area contributed by atoms with Crippen LogP contribution in [0.5, 0.6) is 0 Å². The fourth-order valence-electron chi connectivity index (χ4n) is 5.01. The number of hydrogen-bond acceptors (Lipinski definition) is 3. The second kappa shape index (κ2) is 7.90. The van der Waals surface area contributed by atoms with Crippen molar-refractivity contribution >= 4 is 11.7 Å². The van der Waals surface area contributed by atoms with Crippen molar-refractivity contribution in [2.24, 2.45) is 0 Å². The van der Waals surface area contributed by atoms with Gasteiger partial charge in [-0.25, -0.2) is 4.68 Å². The van der Waals surface area contributed by atoms with Crippen LogP contribution in [0.4, 0.5) is 0 Å². The summed E-state index contributed by atoms with van der Waals surface area (Å²) in [5, 5.41) is 4.56. The lowest BCUT2D eigenvalue weighted by molar-refractivity contribution is -0.131. The Bertz CT molecular complexity index is 843. The van der Waals surface area contributed by atoms with Gasteiger partial charge in [0.2, 0.25) is 0 Å². The van der Waals surface area contributed by atoms with Crippen LogP contribution < -0.4 is 0 Å². The van der Waals surface area contributed by atoms with Crippen LogP contribution in [0.25, 0.3) is 5.69 Å². The molecule has 2 aliphatic rings. The van der Waals surface area contributed by atoms with Crippen LogP contribution >= 0.6 is 0 Å². The maximum atomic E-state index is 13.4. The first-order valence-corrected chi connectivity index (χ1v) is 10.6. The molecule has 2 aliphatic carbocycles. The molecule has 0 radical (unpaired) electrons. The zero-order valence-electron chi connectivity index (χ0n) is 16.9. The first kappa shape index (κ1) is 18.9. The van der Waals surface area contributed by atoms with Crippen molar-refractivity contribution in [3.05, 3.63) is 47.3 Å². The average Bonchev–Trinajstić information content (AvgIpc) is 3.45. The van der Waals surface area contributed by atoms with Gasteiger partial charge in [-0.1, -0.05) is 43.9 Å². The van der Waals surface area contributed by atoms with E-state index >= 15 is 0 Å². The van der Waals surface area contributed by atoms with E-state index in [-0.39, 0.29) is 18.0 Å². The van der Waals surface area contributed by atoms with Crippen LogP contribution in [-0.4, -0.2) is 38.5 Å². The largest absolute Gasteiger partial charge is 0.330 e. The molecular weight excluding hydrogens is 350 g/mol. The summed E-state index contributed by atoms with van der Waals surface area (Å²) in [6.45, 7) is 3.70. The summed E-state index contributed by atoms with van der Waals surface area (Å²) in [6.07, 6.45) is 8.71. The number of Topliss-reactive ketones (excluding diaryl/α,β-unsaturated/α-hetero) is 1. The van der Waals surface area contributed by atoms with Crippen LogP contribution in [0, 0.1) is 13.8 Å². The molecule has 1 aromatic heterocycles. The quantitative estimate of drug-likeness (QED) is 0.572. The molecule has 0 bridgehead atoms. The van der Waals surface area contributed by atoms with E-state index in [4.69, 9.17) is 0 Å². The maximum absolute atomic E-state index is 13.4. The SMILES string of the molecule is Cc1nn(-c2ccccc2)c(C)c1C(=O)C(=O)N(C1CCCC1)C1CCCC1. The molecule has 28 heavy (non-hydrogen) atoms. The first-order valence-electron chi connectivity index (χ1n) is 10.6. The Balaban J connectivity index is 1.66. The van der Waals surface area contributed by atoms with Crippen LogP contribution in [0.3, 0.4) is 0 Å². The Morgan fingerprint density at radius 2 is 1.46 bits per heavy atom. The predicted molar refractivity (Wildman–Crippen MR) is 109 cm³/mol. The van der Waals surface area contributed by atoms with E-state index in [0.29, 0.717) is 11.3 Å². The van der Waals surface area contributed by atoms with Gasteiger partial charge in [0.25, 0.3) is 11.7 Å². The highest BCUT2D eigenvalue weighted by molar-refractivity contribution is 6.43. The number of nitrogens with zero attached hydrogens (tertiary/aromatic N) is 3. The molecule has 2 aromatic rings. The number of amides is 1. The van der Waals surface area contributed by atoms with Crippen LogP contribution in [0.15, 0.2) is 30.3 Å².